The smallest absolute Gasteiger partial charge is 0.289 e. The lowest BCUT2D eigenvalue weighted by Crippen LogP contribution is -2.52. The van der Waals surface area contributed by atoms with Crippen molar-refractivity contribution in [3.63, 3.8) is 0 Å². The van der Waals surface area contributed by atoms with Gasteiger partial charge < -0.3 is 39.7 Å². The van der Waals surface area contributed by atoms with E-state index < -0.39 is 17.9 Å². The second kappa shape index (κ2) is 15.7. The molecule has 1 aliphatic carbocycles. The highest BCUT2D eigenvalue weighted by Crippen LogP contribution is 2.43. The van der Waals surface area contributed by atoms with Crippen molar-refractivity contribution in [1.29, 1.82) is 0 Å². The number of anilines is 3. The molecule has 63 heavy (non-hydrogen) atoms. The molecule has 7 aromatic rings. The van der Waals surface area contributed by atoms with Crippen LogP contribution in [0.25, 0.3) is 33.1 Å². The average Bonchev–Trinajstić information content (AvgIpc) is 3.53. The number of carbonyl (C=O) groups excluding carboxylic acids is 4. The monoisotopic (exact) mass is 851 g/mol. The Kier molecular flexibility index (Phi) is 9.87. The molecule has 2 aromatic carbocycles. The van der Waals surface area contributed by atoms with Gasteiger partial charge >= 0.3 is 0 Å². The van der Waals surface area contributed by atoms with E-state index in [4.69, 9.17) is 24.3 Å². The van der Waals surface area contributed by atoms with E-state index in [1.165, 1.54) is 4.90 Å². The molecule has 0 spiro atoms. The lowest BCUT2D eigenvalue weighted by Gasteiger charge is -2.29. The van der Waals surface area contributed by atoms with E-state index in [9.17, 15) is 19.2 Å². The summed E-state index contributed by atoms with van der Waals surface area (Å²) in [5.74, 6) is 1.43. The van der Waals surface area contributed by atoms with Gasteiger partial charge in [-0.1, -0.05) is 11.2 Å². The van der Waals surface area contributed by atoms with Gasteiger partial charge in [0, 0.05) is 84.1 Å². The van der Waals surface area contributed by atoms with Crippen LogP contribution < -0.4 is 26.0 Å². The van der Waals surface area contributed by atoms with E-state index in [1.54, 1.807) is 19.5 Å². The molecule has 10 rings (SSSR count). The van der Waals surface area contributed by atoms with Crippen molar-refractivity contribution in [2.75, 3.05) is 24.3 Å². The normalized spacial score (nSPS) is 16.2. The summed E-state index contributed by atoms with van der Waals surface area (Å²) in [5.41, 5.74) is 7.42. The molecule has 0 bridgehead atoms. The maximum Gasteiger partial charge on any atom is 0.289 e. The zero-order valence-electron chi connectivity index (χ0n) is 35.2. The standard InChI is InChI=1S/C44H45N13O6/c1-5-57-35(17-31(53-57)24-9-10-24)49-40-38-27-16-34(62-4)28(37-22(2)54-63-23(37)3)15-32(27)48-39(38)51-41(52-40)43(60)46-18-25-19-55(21-47-25)14-13-45-30-8-6-7-26-29(30)20-56(44(26)61)33-11-12-36(58)50-42(33)59/h6-8,15-17,19,21,24,33,45H,5,9-14,18,20H2,1-4H3,(H,46,60)(H,50,58,59)(H2,48,49,51,52). The van der Waals surface area contributed by atoms with Gasteiger partial charge in [0.1, 0.15) is 34.8 Å². The molecular weight excluding hydrogens is 807 g/mol. The topological polar surface area (TPSA) is 232 Å². The molecule has 1 saturated carbocycles. The molecule has 19 heteroatoms. The first-order valence-electron chi connectivity index (χ1n) is 21.1. The van der Waals surface area contributed by atoms with Gasteiger partial charge in [0.25, 0.3) is 11.8 Å². The van der Waals surface area contributed by atoms with E-state index in [-0.39, 0.29) is 37.1 Å². The first kappa shape index (κ1) is 39.6. The number of hydrogen-bond acceptors (Lipinski definition) is 13. The number of carbonyl (C=O) groups is 4. The predicted molar refractivity (Wildman–Crippen MR) is 230 cm³/mol. The van der Waals surface area contributed by atoms with Gasteiger partial charge in [-0.3, -0.25) is 24.5 Å². The molecule has 2 fully saturated rings. The Bertz CT molecular complexity index is 2970. The zero-order valence-corrected chi connectivity index (χ0v) is 35.2. The number of hydrogen-bond donors (Lipinski definition) is 5. The molecule has 5 N–H and O–H groups in total. The molecule has 4 amide bonds. The third kappa shape index (κ3) is 7.27. The Balaban J connectivity index is 0.862. The first-order chi connectivity index (χ1) is 30.6. The number of nitrogens with one attached hydrogen (secondary N) is 5. The minimum Gasteiger partial charge on any atom is -0.496 e. The molecule has 5 aromatic heterocycles. The summed E-state index contributed by atoms with van der Waals surface area (Å²) in [4.78, 5) is 70.4. The third-order valence-corrected chi connectivity index (χ3v) is 12.0. The zero-order chi connectivity index (χ0) is 43.5. The summed E-state index contributed by atoms with van der Waals surface area (Å²) >= 11 is 0. The fraction of sp³-hybridized carbons (Fsp3) is 0.341. The summed E-state index contributed by atoms with van der Waals surface area (Å²) in [7, 11) is 1.62. The number of ether oxygens (including phenoxy) is 1. The van der Waals surface area contributed by atoms with E-state index in [0.29, 0.717) is 71.6 Å². The van der Waals surface area contributed by atoms with Crippen LogP contribution in [0.15, 0.2) is 53.4 Å². The van der Waals surface area contributed by atoms with Gasteiger partial charge in [-0.15, -0.1) is 0 Å². The Labute approximate surface area is 360 Å². The quantitative estimate of drug-likeness (QED) is 0.0884. The number of amides is 4. The number of aryl methyl sites for hydroxylation is 3. The first-order valence-corrected chi connectivity index (χ1v) is 21.1. The Morgan fingerprint density at radius 2 is 1.92 bits per heavy atom. The number of piperidine rings is 1. The van der Waals surface area contributed by atoms with Crippen LogP contribution in [0.1, 0.15) is 87.9 Å². The van der Waals surface area contributed by atoms with Crippen molar-refractivity contribution >= 4 is 62.9 Å². The van der Waals surface area contributed by atoms with Crippen LogP contribution in [0, 0.1) is 13.8 Å². The number of aromatic amines is 1. The molecule has 19 nitrogen and oxygen atoms in total. The van der Waals surface area contributed by atoms with Gasteiger partial charge in [0.2, 0.25) is 17.6 Å². The fourth-order valence-corrected chi connectivity index (χ4v) is 8.67. The SMILES string of the molecule is CCn1nc(C2CC2)cc1Nc1nc(C(=O)NCc2cn(CCNc3cccc4c3CN(C3CCC(=O)NC3=O)C4=O)cn2)nc2[nH]c3cc(-c4c(C)noc4C)c(OC)cc3c12. The lowest BCUT2D eigenvalue weighted by molar-refractivity contribution is -0.136. The number of H-pyrrole nitrogens is 1. The molecule has 1 atom stereocenters. The number of methoxy groups -OCH3 is 1. The molecule has 322 valence electrons. The molecule has 2 aliphatic heterocycles. The van der Waals surface area contributed by atoms with Crippen LogP contribution in [-0.2, 0) is 35.8 Å². The lowest BCUT2D eigenvalue weighted by atomic mass is 10.0. The number of nitrogens with zero attached hydrogens (tertiary/aromatic N) is 8. The van der Waals surface area contributed by atoms with E-state index in [1.807, 2.05) is 60.5 Å². The van der Waals surface area contributed by atoms with Gasteiger partial charge in [-0.25, -0.2) is 19.6 Å². The van der Waals surface area contributed by atoms with Crippen LogP contribution in [0.2, 0.25) is 0 Å². The van der Waals surface area contributed by atoms with Gasteiger partial charge in [0.05, 0.1) is 48.0 Å². The average molecular weight is 852 g/mol. The third-order valence-electron chi connectivity index (χ3n) is 12.0. The molecule has 7 heterocycles. The highest BCUT2D eigenvalue weighted by molar-refractivity contribution is 6.14. The van der Waals surface area contributed by atoms with Crippen molar-refractivity contribution in [2.45, 2.75) is 84.6 Å². The highest BCUT2D eigenvalue weighted by Gasteiger charge is 2.40. The van der Waals surface area contributed by atoms with E-state index in [2.05, 4.69) is 42.5 Å². The number of rotatable bonds is 14. The molecule has 1 unspecified atom stereocenters. The minimum absolute atomic E-state index is 0.0341. The number of fused-ring (bicyclic) bond motifs is 4. The summed E-state index contributed by atoms with van der Waals surface area (Å²) in [6.45, 7) is 7.89. The molecule has 0 radical (unpaired) electrons. The Hall–Kier alpha value is -7.57. The van der Waals surface area contributed by atoms with Crippen LogP contribution in [0.5, 0.6) is 5.75 Å². The van der Waals surface area contributed by atoms with Crippen LogP contribution >= 0.6 is 0 Å². The van der Waals surface area contributed by atoms with Crippen LogP contribution in [-0.4, -0.2) is 87.7 Å². The van der Waals surface area contributed by atoms with Gasteiger partial charge in [-0.05, 0) is 64.3 Å². The van der Waals surface area contributed by atoms with E-state index >= 15 is 0 Å². The van der Waals surface area contributed by atoms with Crippen LogP contribution in [0.4, 0.5) is 17.3 Å². The molecule has 1 saturated heterocycles. The number of imidazole rings is 1. The molecular formula is C44H45N13O6. The fourth-order valence-electron chi connectivity index (χ4n) is 8.67. The maximum absolute atomic E-state index is 13.9. The number of aromatic nitrogens is 8. The van der Waals surface area contributed by atoms with Gasteiger partial charge in [0.15, 0.2) is 0 Å². The maximum atomic E-state index is 13.9. The molecule has 3 aliphatic rings. The number of imide groups is 1. The van der Waals surface area contributed by atoms with Gasteiger partial charge in [-0.2, -0.15) is 5.10 Å². The second-order valence-corrected chi connectivity index (χ2v) is 16.2. The number of benzene rings is 2. The highest BCUT2D eigenvalue weighted by atomic mass is 16.5. The van der Waals surface area contributed by atoms with Crippen molar-refractivity contribution in [2.24, 2.45) is 0 Å². The Morgan fingerprint density at radius 1 is 1.06 bits per heavy atom. The van der Waals surface area contributed by atoms with Crippen molar-refractivity contribution < 1.29 is 28.4 Å². The minimum atomic E-state index is -0.683. The summed E-state index contributed by atoms with van der Waals surface area (Å²) in [6, 6.07) is 10.8. The van der Waals surface area contributed by atoms with Crippen molar-refractivity contribution in [3.8, 4) is 16.9 Å². The largest absolute Gasteiger partial charge is 0.496 e. The van der Waals surface area contributed by atoms with Crippen LogP contribution in [0.3, 0.4) is 0 Å². The van der Waals surface area contributed by atoms with Crippen molar-refractivity contribution in [1.82, 2.24) is 55.0 Å². The van der Waals surface area contributed by atoms with Crippen molar-refractivity contribution in [3.05, 3.63) is 88.7 Å². The van der Waals surface area contributed by atoms with E-state index in [0.717, 1.165) is 63.3 Å². The second-order valence-electron chi connectivity index (χ2n) is 16.2. The predicted octanol–water partition coefficient (Wildman–Crippen LogP) is 5.23. The summed E-state index contributed by atoms with van der Waals surface area (Å²) in [6.07, 6.45) is 6.27. The Morgan fingerprint density at radius 3 is 2.68 bits per heavy atom. The summed E-state index contributed by atoms with van der Waals surface area (Å²) in [5, 5.41) is 22.7. The summed E-state index contributed by atoms with van der Waals surface area (Å²) < 4.78 is 15.2.